The largest absolute Gasteiger partial charge is 0.859 e. The first-order valence-electron chi connectivity index (χ1n) is 3.45. The van der Waals surface area contributed by atoms with Crippen molar-refractivity contribution in [1.82, 2.24) is 12.3 Å². The Hall–Kier alpha value is -0.960. The van der Waals surface area contributed by atoms with Gasteiger partial charge in [0.15, 0.2) is 0 Å². The first kappa shape index (κ1) is 23.7. The molecule has 0 aromatic carbocycles. The van der Waals surface area contributed by atoms with Crippen LogP contribution in [-0.2, 0) is 10.1 Å². The zero-order chi connectivity index (χ0) is 11.2. The van der Waals surface area contributed by atoms with Gasteiger partial charge in [0, 0.05) is 5.25 Å². The Kier molecular flexibility index (Phi) is 15.1. The van der Waals surface area contributed by atoms with Gasteiger partial charge in [-0.1, -0.05) is 6.58 Å². The summed E-state index contributed by atoms with van der Waals surface area (Å²) in [6, 6.07) is 0. The molecule has 8 heteroatoms. The van der Waals surface area contributed by atoms with Crippen molar-refractivity contribution in [3.63, 3.8) is 0 Å². The van der Waals surface area contributed by atoms with Crippen molar-refractivity contribution >= 4 is 16.0 Å². The molecule has 9 N–H and O–H groups in total. The van der Waals surface area contributed by atoms with Crippen LogP contribution in [0.15, 0.2) is 12.2 Å². The molecule has 0 fully saturated rings. The van der Waals surface area contributed by atoms with Gasteiger partial charge >= 0.3 is 0 Å². The van der Waals surface area contributed by atoms with E-state index in [1.54, 1.807) is 0 Å². The highest BCUT2D eigenvalue weighted by molar-refractivity contribution is 7.86. The summed E-state index contributed by atoms with van der Waals surface area (Å²) < 4.78 is 29.3. The molecular weight excluding hydrogens is 222 g/mol. The van der Waals surface area contributed by atoms with Gasteiger partial charge in [0.05, 0.1) is 10.1 Å². The summed E-state index contributed by atoms with van der Waals surface area (Å²) in [7, 11) is -3.99. The van der Waals surface area contributed by atoms with Crippen LogP contribution in [0.4, 0.5) is 0 Å². The van der Waals surface area contributed by atoms with E-state index in [0.29, 0.717) is 0 Å². The molecule has 0 aliphatic heterocycles. The quantitative estimate of drug-likeness (QED) is 0.365. The highest BCUT2D eigenvalue weighted by Crippen LogP contribution is 1.91. The zero-order valence-electron chi connectivity index (χ0n) is 9.83. The number of rotatable bonds is 2. The molecule has 0 bridgehead atoms. The monoisotopic (exact) mass is 243 g/mol. The second-order valence-electron chi connectivity index (χ2n) is 2.65. The van der Waals surface area contributed by atoms with Crippen LogP contribution in [0, 0.1) is 5.41 Å². The van der Waals surface area contributed by atoms with Crippen molar-refractivity contribution < 1.29 is 18.1 Å². The molecule has 7 nitrogen and oxygen atoms in total. The van der Waals surface area contributed by atoms with Gasteiger partial charge < -0.3 is 27.4 Å². The first-order chi connectivity index (χ1) is 5.59. The molecule has 0 saturated heterocycles. The first-order valence-corrected chi connectivity index (χ1v) is 4.92. The Morgan fingerprint density at radius 3 is 1.47 bits per heavy atom. The van der Waals surface area contributed by atoms with E-state index in [4.69, 9.17) is 5.41 Å². The van der Waals surface area contributed by atoms with Gasteiger partial charge in [-0.05, 0) is 32.2 Å². The van der Waals surface area contributed by atoms with Gasteiger partial charge in [0.2, 0.25) is 0 Å². The van der Waals surface area contributed by atoms with E-state index in [-0.39, 0.29) is 17.9 Å². The molecule has 0 unspecified atom stereocenters. The van der Waals surface area contributed by atoms with Crippen molar-refractivity contribution in [2.45, 2.75) is 26.0 Å². The zero-order valence-corrected chi connectivity index (χ0v) is 10.6. The Morgan fingerprint density at radius 1 is 1.33 bits per heavy atom. The molecule has 0 saturated carbocycles. The maximum absolute atomic E-state index is 9.78. The summed E-state index contributed by atoms with van der Waals surface area (Å²) in [6.07, 6.45) is 0. The molecule has 0 spiro atoms. The number of nitrogens with one attached hydrogen (secondary N) is 1. The standard InChI is InChI=1S/C4H7NO.C3H8O3S.2H3N/c1-3(2)4(5)6;1-3(2)7(4,5)6;;/h1H2,2H3,(H2,5,6);3H,1-2H3,(H,4,5,6);2*1H3. The van der Waals surface area contributed by atoms with Crippen LogP contribution in [0.2, 0.25) is 0 Å². The highest BCUT2D eigenvalue weighted by Gasteiger charge is 1.98. The predicted octanol–water partition coefficient (Wildman–Crippen LogP) is 0.592. The number of hydrogen-bond donors (Lipinski definition) is 3. The fraction of sp³-hybridized carbons (Fsp3) is 0.571. The SMILES string of the molecule is C=C(C)C(=N)[O-].CC(C)S(=O)(=O)[O-].[NH4+].[NH4+]. The molecule has 0 heterocycles. The minimum absolute atomic E-state index is 0. The van der Waals surface area contributed by atoms with E-state index in [2.05, 4.69) is 6.58 Å². The maximum atomic E-state index is 9.78. The third kappa shape index (κ3) is 19.4. The van der Waals surface area contributed by atoms with Gasteiger partial charge in [0.25, 0.3) is 0 Å². The van der Waals surface area contributed by atoms with Gasteiger partial charge in [-0.15, -0.1) is 0 Å². The summed E-state index contributed by atoms with van der Waals surface area (Å²) >= 11 is 0. The lowest BCUT2D eigenvalue weighted by Crippen LogP contribution is -2.15. The lowest BCUT2D eigenvalue weighted by atomic mass is 10.4. The van der Waals surface area contributed by atoms with E-state index in [1.165, 1.54) is 20.8 Å². The molecule has 0 atom stereocenters. The second-order valence-corrected chi connectivity index (χ2v) is 4.58. The Bertz CT molecular complexity index is 273. The summed E-state index contributed by atoms with van der Waals surface area (Å²) in [6.45, 7) is 7.43. The lowest BCUT2D eigenvalue weighted by Gasteiger charge is -2.08. The average molecular weight is 243 g/mol. The van der Waals surface area contributed by atoms with E-state index >= 15 is 0 Å². The Morgan fingerprint density at radius 2 is 1.47 bits per heavy atom. The molecule has 0 amide bonds. The average Bonchev–Trinajstić information content (AvgIpc) is 1.86. The Balaban J connectivity index is -0.0000000718. The third-order valence-corrected chi connectivity index (χ3v) is 2.12. The van der Waals surface area contributed by atoms with E-state index in [9.17, 15) is 18.1 Å². The minimum atomic E-state index is -3.99. The van der Waals surface area contributed by atoms with Crippen LogP contribution in [0.25, 0.3) is 0 Å². The van der Waals surface area contributed by atoms with Crippen LogP contribution in [-0.4, -0.2) is 24.1 Å². The van der Waals surface area contributed by atoms with Crippen molar-refractivity contribution in [3.8, 4) is 0 Å². The van der Waals surface area contributed by atoms with Crippen LogP contribution in [0.1, 0.15) is 20.8 Å². The molecule has 0 radical (unpaired) electrons. The van der Waals surface area contributed by atoms with E-state index < -0.39 is 21.3 Å². The van der Waals surface area contributed by atoms with Crippen LogP contribution >= 0.6 is 0 Å². The molecule has 0 aromatic heterocycles. The molecule has 94 valence electrons. The summed E-state index contributed by atoms with van der Waals surface area (Å²) in [5, 5.41) is 15.2. The second kappa shape index (κ2) is 9.59. The van der Waals surface area contributed by atoms with Crippen molar-refractivity contribution in [2.75, 3.05) is 0 Å². The molecule has 0 aromatic rings. The summed E-state index contributed by atoms with van der Waals surface area (Å²) in [5.41, 5.74) is 0.287. The van der Waals surface area contributed by atoms with Crippen LogP contribution in [0.5, 0.6) is 0 Å². The number of hydrogen-bond acceptors (Lipinski definition) is 5. The van der Waals surface area contributed by atoms with E-state index in [1.807, 2.05) is 0 Å². The van der Waals surface area contributed by atoms with E-state index in [0.717, 1.165) is 0 Å². The molecule has 15 heavy (non-hydrogen) atoms. The molecular formula is C7H21N3O4S. The minimum Gasteiger partial charge on any atom is -0.859 e. The fourth-order valence-electron chi connectivity index (χ4n) is 0. The maximum Gasteiger partial charge on any atom is 0.0969 e. The lowest BCUT2D eigenvalue weighted by molar-refractivity contribution is -0.214. The predicted molar refractivity (Wildman–Crippen MR) is 59.3 cm³/mol. The summed E-state index contributed by atoms with van der Waals surface area (Å²) in [5.74, 6) is -0.685. The third-order valence-electron chi connectivity index (χ3n) is 0.965. The number of quaternary nitrogens is 2. The van der Waals surface area contributed by atoms with Gasteiger partial charge in [-0.2, -0.15) is 0 Å². The van der Waals surface area contributed by atoms with Crippen molar-refractivity contribution in [3.05, 3.63) is 12.2 Å². The molecule has 0 rings (SSSR count). The van der Waals surface area contributed by atoms with Crippen LogP contribution in [0.3, 0.4) is 0 Å². The molecule has 0 aliphatic carbocycles. The molecule has 0 aliphatic rings. The van der Waals surface area contributed by atoms with Gasteiger partial charge in [0.1, 0.15) is 0 Å². The highest BCUT2D eigenvalue weighted by atomic mass is 32.2. The van der Waals surface area contributed by atoms with Gasteiger partial charge in [-0.3, -0.25) is 0 Å². The van der Waals surface area contributed by atoms with Gasteiger partial charge in [-0.25, -0.2) is 8.42 Å². The van der Waals surface area contributed by atoms with Crippen molar-refractivity contribution in [2.24, 2.45) is 0 Å². The Labute approximate surface area is 90.6 Å². The smallest absolute Gasteiger partial charge is 0.0969 e. The van der Waals surface area contributed by atoms with Crippen molar-refractivity contribution in [1.29, 1.82) is 5.41 Å². The summed E-state index contributed by atoms with van der Waals surface area (Å²) in [4.78, 5) is 0. The fourth-order valence-corrected chi connectivity index (χ4v) is 0. The normalized spacial score (nSPS) is 8.87. The van der Waals surface area contributed by atoms with Crippen LogP contribution < -0.4 is 17.4 Å². The topological polar surface area (TPSA) is 177 Å².